The molecule has 0 radical (unpaired) electrons. The molecule has 0 saturated heterocycles. The van der Waals surface area contributed by atoms with Crippen molar-refractivity contribution in [1.29, 1.82) is 0 Å². The monoisotopic (exact) mass is 267 g/mol. The number of fused-ring (bicyclic) bond motifs is 1. The maximum atomic E-state index is 11.6. The van der Waals surface area contributed by atoms with E-state index < -0.39 is 5.97 Å². The quantitative estimate of drug-likeness (QED) is 0.741. The topological polar surface area (TPSA) is 67.9 Å². The van der Waals surface area contributed by atoms with Crippen LogP contribution in [0.25, 0.3) is 22.2 Å². The van der Waals surface area contributed by atoms with Crippen molar-refractivity contribution in [1.82, 2.24) is 15.2 Å². The average Bonchev–Trinajstić information content (AvgIpc) is 2.97. The molecule has 20 heavy (non-hydrogen) atoms. The number of esters is 1. The lowest BCUT2D eigenvalue weighted by molar-refractivity contribution is 0.0512. The Morgan fingerprint density at radius 1 is 1.20 bits per heavy atom. The molecule has 0 aliphatic carbocycles. The Hall–Kier alpha value is -2.69. The van der Waals surface area contributed by atoms with Crippen LogP contribution in [0.5, 0.6) is 0 Å². The second-order valence-corrected chi connectivity index (χ2v) is 4.25. The summed E-state index contributed by atoms with van der Waals surface area (Å²) in [5, 5.41) is 8.87. The van der Waals surface area contributed by atoms with Crippen LogP contribution < -0.4 is 0 Å². The van der Waals surface area contributed by atoms with Crippen LogP contribution in [0, 0.1) is 0 Å². The predicted octanol–water partition coefficient (Wildman–Crippen LogP) is 2.80. The van der Waals surface area contributed by atoms with Gasteiger partial charge in [-0.15, -0.1) is 0 Å². The lowest BCUT2D eigenvalue weighted by atomic mass is 10.0. The van der Waals surface area contributed by atoms with E-state index in [1.165, 1.54) is 0 Å². The Kier molecular flexibility index (Phi) is 3.16. The highest BCUT2D eigenvalue weighted by atomic mass is 16.5. The number of rotatable bonds is 3. The second kappa shape index (κ2) is 5.13. The highest BCUT2D eigenvalue weighted by molar-refractivity contribution is 5.95. The summed E-state index contributed by atoms with van der Waals surface area (Å²) in [5.41, 5.74) is 0.884. The summed E-state index contributed by atoms with van der Waals surface area (Å²) >= 11 is 0. The normalized spacial score (nSPS) is 10.7. The number of carbonyl (C=O) groups is 1. The molecule has 1 aromatic heterocycles. The minimum absolute atomic E-state index is 0.120. The van der Waals surface area contributed by atoms with Crippen molar-refractivity contribution < 1.29 is 9.53 Å². The van der Waals surface area contributed by atoms with Gasteiger partial charge in [-0.05, 0) is 17.7 Å². The number of ether oxygens (including phenoxy) is 1. The van der Waals surface area contributed by atoms with E-state index in [1.807, 2.05) is 42.5 Å². The van der Waals surface area contributed by atoms with Crippen LogP contribution in [0.2, 0.25) is 0 Å². The first-order valence-corrected chi connectivity index (χ1v) is 6.37. The molecule has 0 saturated carbocycles. The third-order valence-electron chi connectivity index (χ3n) is 2.98. The van der Waals surface area contributed by atoms with Gasteiger partial charge >= 0.3 is 5.97 Å². The number of carbonyl (C=O) groups excluding carboxylic acids is 1. The molecule has 0 unspecified atom stereocenters. The lowest BCUT2D eigenvalue weighted by Gasteiger charge is -2.02. The zero-order valence-electron chi connectivity index (χ0n) is 11.0. The van der Waals surface area contributed by atoms with Crippen molar-refractivity contribution in [3.63, 3.8) is 0 Å². The van der Waals surface area contributed by atoms with E-state index in [2.05, 4.69) is 15.2 Å². The van der Waals surface area contributed by atoms with Crippen molar-refractivity contribution in [3.8, 4) is 11.4 Å². The van der Waals surface area contributed by atoms with Crippen molar-refractivity contribution in [2.45, 2.75) is 6.92 Å². The van der Waals surface area contributed by atoms with Crippen LogP contribution in [-0.2, 0) is 4.74 Å². The van der Waals surface area contributed by atoms with Crippen LogP contribution in [0.15, 0.2) is 42.5 Å². The fourth-order valence-electron chi connectivity index (χ4n) is 2.09. The lowest BCUT2D eigenvalue weighted by Crippen LogP contribution is -2.06. The van der Waals surface area contributed by atoms with Gasteiger partial charge in [-0.3, -0.25) is 5.10 Å². The van der Waals surface area contributed by atoms with E-state index >= 15 is 0 Å². The molecular formula is C15H13N3O2. The Balaban J connectivity index is 2.06. The van der Waals surface area contributed by atoms with Gasteiger partial charge in [0.25, 0.3) is 0 Å². The third kappa shape index (κ3) is 2.14. The number of nitrogens with one attached hydrogen (secondary N) is 1. The predicted molar refractivity (Wildman–Crippen MR) is 75.3 cm³/mol. The van der Waals surface area contributed by atoms with E-state index in [0.717, 1.165) is 16.3 Å². The average molecular weight is 267 g/mol. The number of hydrogen-bond acceptors (Lipinski definition) is 4. The molecule has 1 heterocycles. The van der Waals surface area contributed by atoms with E-state index in [0.29, 0.717) is 12.4 Å². The standard InChI is InChI=1S/C15H13N3O2/c1-2-20-15(19)14-16-13(17-18-14)12-9-5-7-10-6-3-4-8-11(10)12/h3-9H,2H2,1H3,(H,16,17,18). The molecule has 0 atom stereocenters. The van der Waals surface area contributed by atoms with Crippen LogP contribution in [0.1, 0.15) is 17.5 Å². The highest BCUT2D eigenvalue weighted by Crippen LogP contribution is 2.25. The summed E-state index contributed by atoms with van der Waals surface area (Å²) in [7, 11) is 0. The van der Waals surface area contributed by atoms with Gasteiger partial charge in [-0.2, -0.15) is 5.10 Å². The number of nitrogens with zero attached hydrogens (tertiary/aromatic N) is 2. The summed E-state index contributed by atoms with van der Waals surface area (Å²) in [5.74, 6) is 0.117. The summed E-state index contributed by atoms with van der Waals surface area (Å²) < 4.78 is 4.89. The van der Waals surface area contributed by atoms with Gasteiger partial charge in [-0.25, -0.2) is 9.78 Å². The van der Waals surface area contributed by atoms with Gasteiger partial charge in [0.05, 0.1) is 6.61 Å². The van der Waals surface area contributed by atoms with Crippen LogP contribution >= 0.6 is 0 Å². The Morgan fingerprint density at radius 3 is 2.85 bits per heavy atom. The van der Waals surface area contributed by atoms with Crippen LogP contribution in [0.4, 0.5) is 0 Å². The van der Waals surface area contributed by atoms with Crippen LogP contribution in [-0.4, -0.2) is 27.8 Å². The van der Waals surface area contributed by atoms with Crippen LogP contribution in [0.3, 0.4) is 0 Å². The molecule has 0 aliphatic heterocycles. The smallest absolute Gasteiger partial charge is 0.375 e. The number of H-pyrrole nitrogens is 1. The van der Waals surface area contributed by atoms with E-state index in [-0.39, 0.29) is 5.82 Å². The Morgan fingerprint density at radius 2 is 2.00 bits per heavy atom. The Bertz CT molecular complexity index is 759. The molecule has 100 valence electrons. The van der Waals surface area contributed by atoms with E-state index in [4.69, 9.17) is 4.74 Å². The first kappa shape index (κ1) is 12.3. The summed E-state index contributed by atoms with van der Waals surface area (Å²) in [4.78, 5) is 15.8. The molecule has 0 aliphatic rings. The first-order chi connectivity index (χ1) is 9.79. The molecule has 1 N–H and O–H groups in total. The molecule has 0 amide bonds. The van der Waals surface area contributed by atoms with Gasteiger partial charge < -0.3 is 4.74 Å². The molecule has 0 spiro atoms. The molecule has 0 bridgehead atoms. The fourth-order valence-corrected chi connectivity index (χ4v) is 2.09. The molecular weight excluding hydrogens is 254 g/mol. The zero-order chi connectivity index (χ0) is 13.9. The number of benzene rings is 2. The minimum Gasteiger partial charge on any atom is -0.460 e. The summed E-state index contributed by atoms with van der Waals surface area (Å²) in [6.45, 7) is 2.06. The molecule has 3 rings (SSSR count). The molecule has 5 nitrogen and oxygen atoms in total. The Labute approximate surface area is 115 Å². The maximum absolute atomic E-state index is 11.6. The number of aromatic amines is 1. The SMILES string of the molecule is CCOC(=O)c1nc(-c2cccc3ccccc23)n[nH]1. The summed E-state index contributed by atoms with van der Waals surface area (Å²) in [6, 6.07) is 13.9. The van der Waals surface area contributed by atoms with Gasteiger partial charge in [0.1, 0.15) is 0 Å². The summed E-state index contributed by atoms with van der Waals surface area (Å²) in [6.07, 6.45) is 0. The zero-order valence-corrected chi connectivity index (χ0v) is 11.0. The number of hydrogen-bond donors (Lipinski definition) is 1. The van der Waals surface area contributed by atoms with Crippen molar-refractivity contribution in [3.05, 3.63) is 48.3 Å². The first-order valence-electron chi connectivity index (χ1n) is 6.37. The van der Waals surface area contributed by atoms with E-state index in [1.54, 1.807) is 6.92 Å². The molecule has 5 heteroatoms. The molecule has 2 aromatic carbocycles. The van der Waals surface area contributed by atoms with Gasteiger partial charge in [0.2, 0.25) is 5.82 Å². The highest BCUT2D eigenvalue weighted by Gasteiger charge is 2.14. The van der Waals surface area contributed by atoms with Gasteiger partial charge in [-0.1, -0.05) is 42.5 Å². The molecule has 0 fully saturated rings. The van der Waals surface area contributed by atoms with E-state index in [9.17, 15) is 4.79 Å². The van der Waals surface area contributed by atoms with Gasteiger partial charge in [0, 0.05) is 5.56 Å². The van der Waals surface area contributed by atoms with Crippen molar-refractivity contribution in [2.24, 2.45) is 0 Å². The van der Waals surface area contributed by atoms with Crippen molar-refractivity contribution in [2.75, 3.05) is 6.61 Å². The largest absolute Gasteiger partial charge is 0.460 e. The number of aromatic nitrogens is 3. The van der Waals surface area contributed by atoms with Gasteiger partial charge in [0.15, 0.2) is 5.82 Å². The minimum atomic E-state index is -0.494. The fraction of sp³-hybridized carbons (Fsp3) is 0.133. The second-order valence-electron chi connectivity index (χ2n) is 4.25. The maximum Gasteiger partial charge on any atom is 0.375 e. The molecule has 3 aromatic rings. The van der Waals surface area contributed by atoms with Crippen molar-refractivity contribution >= 4 is 16.7 Å². The third-order valence-corrected chi connectivity index (χ3v) is 2.98.